The summed E-state index contributed by atoms with van der Waals surface area (Å²) in [4.78, 5) is 29.1. The average molecular weight is 358 g/mol. The lowest BCUT2D eigenvalue weighted by Gasteiger charge is -2.02. The summed E-state index contributed by atoms with van der Waals surface area (Å²) in [5, 5.41) is 4.10. The maximum atomic E-state index is 12.5. The third-order valence-corrected chi connectivity index (χ3v) is 4.89. The Morgan fingerprint density at radius 3 is 2.72 bits per heavy atom. The van der Waals surface area contributed by atoms with Gasteiger partial charge in [0.15, 0.2) is 4.80 Å². The second kappa shape index (κ2) is 7.02. The molecule has 0 atom stereocenters. The Bertz CT molecular complexity index is 1010. The number of benzene rings is 1. The molecule has 1 amide bonds. The lowest BCUT2D eigenvalue weighted by atomic mass is 10.2. The molecule has 0 fully saturated rings. The maximum absolute atomic E-state index is 12.5. The van der Waals surface area contributed by atoms with Crippen LogP contribution >= 0.6 is 11.3 Å². The third kappa shape index (κ3) is 3.12. The molecule has 0 spiro atoms. The molecule has 0 radical (unpaired) electrons. The molecule has 0 saturated heterocycles. The van der Waals surface area contributed by atoms with Crippen molar-refractivity contribution in [3.8, 4) is 0 Å². The molecule has 8 heteroatoms. The van der Waals surface area contributed by atoms with Gasteiger partial charge >= 0.3 is 5.97 Å². The highest BCUT2D eigenvalue weighted by atomic mass is 32.1. The van der Waals surface area contributed by atoms with Crippen LogP contribution in [0, 0.1) is 0 Å². The number of methoxy groups -OCH3 is 1. The number of ether oxygens (including phenoxy) is 1. The Labute approximate surface area is 148 Å². The molecule has 130 valence electrons. The van der Waals surface area contributed by atoms with Crippen molar-refractivity contribution in [2.75, 3.05) is 7.11 Å². The van der Waals surface area contributed by atoms with E-state index >= 15 is 0 Å². The number of rotatable bonds is 4. The fourth-order valence-corrected chi connectivity index (χ4v) is 3.75. The number of carbonyl (C=O) groups excluding carboxylic acids is 2. The number of carbonyl (C=O) groups is 2. The van der Waals surface area contributed by atoms with Crippen LogP contribution in [0.15, 0.2) is 35.5 Å². The second-order valence-electron chi connectivity index (χ2n) is 5.25. The predicted octanol–water partition coefficient (Wildman–Crippen LogP) is 2.47. The number of nitrogens with zero attached hydrogens (tertiary/aromatic N) is 4. The summed E-state index contributed by atoms with van der Waals surface area (Å²) in [5.74, 6) is -0.721. The predicted molar refractivity (Wildman–Crippen MR) is 94.6 cm³/mol. The Morgan fingerprint density at radius 2 is 2.04 bits per heavy atom. The zero-order valence-electron chi connectivity index (χ0n) is 14.2. The van der Waals surface area contributed by atoms with E-state index in [1.165, 1.54) is 18.4 Å². The molecule has 2 aromatic heterocycles. The fourth-order valence-electron chi connectivity index (χ4n) is 2.62. The summed E-state index contributed by atoms with van der Waals surface area (Å²) in [7, 11) is 1.35. The maximum Gasteiger partial charge on any atom is 0.337 e. The third-order valence-electron chi connectivity index (χ3n) is 3.85. The first-order valence-corrected chi connectivity index (χ1v) is 8.73. The van der Waals surface area contributed by atoms with Crippen molar-refractivity contribution in [3.05, 3.63) is 46.5 Å². The highest BCUT2D eigenvalue weighted by Crippen LogP contribution is 2.20. The largest absolute Gasteiger partial charge is 0.465 e. The van der Waals surface area contributed by atoms with Crippen LogP contribution in [0.25, 0.3) is 10.2 Å². The monoisotopic (exact) mass is 358 g/mol. The van der Waals surface area contributed by atoms with Crippen LogP contribution in [-0.4, -0.2) is 33.3 Å². The normalized spacial score (nSPS) is 11.9. The molecule has 1 aromatic carbocycles. The molecule has 3 rings (SSSR count). The van der Waals surface area contributed by atoms with Crippen molar-refractivity contribution in [1.82, 2.24) is 14.3 Å². The Hall–Kier alpha value is -2.74. The molecule has 0 saturated carbocycles. The summed E-state index contributed by atoms with van der Waals surface area (Å²) in [6.07, 6.45) is 1.59. The van der Waals surface area contributed by atoms with E-state index in [4.69, 9.17) is 4.74 Å². The van der Waals surface area contributed by atoms with Crippen molar-refractivity contribution < 1.29 is 14.3 Å². The number of fused-ring (bicyclic) bond motifs is 1. The minimum Gasteiger partial charge on any atom is -0.465 e. The molecule has 0 aliphatic rings. The van der Waals surface area contributed by atoms with Crippen LogP contribution in [0.2, 0.25) is 0 Å². The van der Waals surface area contributed by atoms with Crippen molar-refractivity contribution in [2.45, 2.75) is 26.9 Å². The smallest absolute Gasteiger partial charge is 0.337 e. The molecule has 7 nitrogen and oxygen atoms in total. The van der Waals surface area contributed by atoms with Crippen LogP contribution in [0.3, 0.4) is 0 Å². The van der Waals surface area contributed by atoms with E-state index < -0.39 is 0 Å². The summed E-state index contributed by atoms with van der Waals surface area (Å²) in [6.45, 7) is 5.17. The number of hydrogen-bond acceptors (Lipinski definition) is 5. The quantitative estimate of drug-likeness (QED) is 0.671. The molecule has 0 unspecified atom stereocenters. The Kier molecular flexibility index (Phi) is 4.80. The highest BCUT2D eigenvalue weighted by Gasteiger charge is 2.13. The molecule has 0 aliphatic carbocycles. The van der Waals surface area contributed by atoms with E-state index in [0.717, 1.165) is 10.2 Å². The van der Waals surface area contributed by atoms with Gasteiger partial charge in [0.2, 0.25) is 0 Å². The molecule has 2 heterocycles. The molecule has 0 bridgehead atoms. The van der Waals surface area contributed by atoms with E-state index in [2.05, 4.69) is 10.1 Å². The van der Waals surface area contributed by atoms with Gasteiger partial charge in [-0.3, -0.25) is 9.48 Å². The van der Waals surface area contributed by atoms with Gasteiger partial charge < -0.3 is 9.30 Å². The van der Waals surface area contributed by atoms with Crippen molar-refractivity contribution in [1.29, 1.82) is 0 Å². The minimum atomic E-state index is -0.389. The number of thiazole rings is 1. The van der Waals surface area contributed by atoms with Crippen molar-refractivity contribution >= 4 is 33.4 Å². The van der Waals surface area contributed by atoms with Gasteiger partial charge in [-0.25, -0.2) is 4.79 Å². The van der Waals surface area contributed by atoms with E-state index in [1.807, 2.05) is 24.5 Å². The van der Waals surface area contributed by atoms with Gasteiger partial charge in [-0.1, -0.05) is 11.3 Å². The second-order valence-corrected chi connectivity index (χ2v) is 6.26. The van der Waals surface area contributed by atoms with E-state index in [-0.39, 0.29) is 11.9 Å². The minimum absolute atomic E-state index is 0.332. The zero-order valence-corrected chi connectivity index (χ0v) is 15.0. The number of aryl methyl sites for hydroxylation is 2. The van der Waals surface area contributed by atoms with Gasteiger partial charge in [0.25, 0.3) is 5.91 Å². The zero-order chi connectivity index (χ0) is 18.0. The molecule has 0 N–H and O–H groups in total. The van der Waals surface area contributed by atoms with Gasteiger partial charge in [-0.15, -0.1) is 0 Å². The lowest BCUT2D eigenvalue weighted by Crippen LogP contribution is -2.17. The molecule has 25 heavy (non-hydrogen) atoms. The number of hydrogen-bond donors (Lipinski definition) is 0. The van der Waals surface area contributed by atoms with Gasteiger partial charge in [0.05, 0.1) is 22.9 Å². The van der Waals surface area contributed by atoms with Crippen molar-refractivity contribution in [2.24, 2.45) is 4.99 Å². The number of esters is 1. The van der Waals surface area contributed by atoms with Crippen molar-refractivity contribution in [3.63, 3.8) is 0 Å². The topological polar surface area (TPSA) is 78.5 Å². The molecular weight excluding hydrogens is 340 g/mol. The fraction of sp³-hybridized carbons (Fsp3) is 0.294. The van der Waals surface area contributed by atoms with Gasteiger partial charge in [0.1, 0.15) is 5.69 Å². The highest BCUT2D eigenvalue weighted by molar-refractivity contribution is 7.16. The van der Waals surface area contributed by atoms with E-state index in [1.54, 1.807) is 29.1 Å². The van der Waals surface area contributed by atoms with Crippen LogP contribution in [0.5, 0.6) is 0 Å². The molecule has 0 aliphatic heterocycles. The van der Waals surface area contributed by atoms with Crippen LogP contribution in [-0.2, 0) is 17.8 Å². The van der Waals surface area contributed by atoms with Crippen LogP contribution in [0.4, 0.5) is 0 Å². The summed E-state index contributed by atoms with van der Waals surface area (Å²) in [5.41, 5.74) is 1.86. The van der Waals surface area contributed by atoms with Crippen LogP contribution in [0.1, 0.15) is 34.7 Å². The van der Waals surface area contributed by atoms with Crippen LogP contribution < -0.4 is 4.80 Å². The summed E-state index contributed by atoms with van der Waals surface area (Å²) < 4.78 is 9.20. The molecular formula is C17H18N4O3S. The lowest BCUT2D eigenvalue weighted by molar-refractivity contribution is 0.0601. The number of amides is 1. The first-order valence-electron chi connectivity index (χ1n) is 7.91. The first kappa shape index (κ1) is 17.1. The Balaban J connectivity index is 2.12. The summed E-state index contributed by atoms with van der Waals surface area (Å²) in [6, 6.07) is 6.98. The standard InChI is InChI=1S/C17H18N4O3S/c1-4-20-12-7-6-11(16(23)24-3)10-14(12)25-17(20)19-15(22)13-8-9-18-21(13)5-2/h6-10H,4-5H2,1-3H3. The Morgan fingerprint density at radius 1 is 1.24 bits per heavy atom. The van der Waals surface area contributed by atoms with Gasteiger partial charge in [-0.05, 0) is 38.1 Å². The number of aromatic nitrogens is 3. The van der Waals surface area contributed by atoms with E-state index in [9.17, 15) is 9.59 Å². The van der Waals surface area contributed by atoms with E-state index in [0.29, 0.717) is 29.1 Å². The van der Waals surface area contributed by atoms with Gasteiger partial charge in [-0.2, -0.15) is 10.1 Å². The average Bonchev–Trinajstić information content (AvgIpc) is 3.23. The summed E-state index contributed by atoms with van der Waals surface area (Å²) >= 11 is 1.37. The van der Waals surface area contributed by atoms with Gasteiger partial charge in [0, 0.05) is 19.3 Å². The first-order chi connectivity index (χ1) is 12.1. The SMILES string of the molecule is CCn1nccc1C(=O)N=c1sc2cc(C(=O)OC)ccc2n1CC. The molecule has 3 aromatic rings.